The number of carbonyl (C=O) groups is 1. The average molecular weight is 476 g/mol. The van der Waals surface area contributed by atoms with Crippen molar-refractivity contribution in [3.8, 4) is 11.3 Å². The number of nitrogens with one attached hydrogen (secondary N) is 1. The van der Waals surface area contributed by atoms with Crippen LogP contribution in [0.1, 0.15) is 15.9 Å². The van der Waals surface area contributed by atoms with Gasteiger partial charge in [0.15, 0.2) is 4.80 Å². The summed E-state index contributed by atoms with van der Waals surface area (Å²) in [5.41, 5.74) is 4.76. The Morgan fingerprint density at radius 1 is 0.743 bits per heavy atom. The molecular formula is C30H25N3OS. The number of anilines is 1. The fourth-order valence-electron chi connectivity index (χ4n) is 3.93. The van der Waals surface area contributed by atoms with E-state index in [-0.39, 0.29) is 5.91 Å². The second kappa shape index (κ2) is 10.8. The van der Waals surface area contributed by atoms with Crippen molar-refractivity contribution in [2.45, 2.75) is 13.0 Å². The largest absolute Gasteiger partial charge is 0.314 e. The summed E-state index contributed by atoms with van der Waals surface area (Å²) in [6, 6.07) is 39.9. The van der Waals surface area contributed by atoms with Crippen molar-refractivity contribution in [3.05, 3.63) is 137 Å². The van der Waals surface area contributed by atoms with Crippen molar-refractivity contribution in [1.29, 1.82) is 0 Å². The topological polar surface area (TPSA) is 46.4 Å². The number of carbonyl (C=O) groups excluding carboxylic acids is 1. The number of thiazole rings is 1. The van der Waals surface area contributed by atoms with E-state index in [0.717, 1.165) is 39.7 Å². The lowest BCUT2D eigenvalue weighted by atomic mass is 10.1. The molecule has 5 rings (SSSR count). The van der Waals surface area contributed by atoms with E-state index < -0.39 is 0 Å². The molecule has 172 valence electrons. The van der Waals surface area contributed by atoms with Gasteiger partial charge in [-0.15, -0.1) is 0 Å². The third kappa shape index (κ3) is 5.48. The Kier molecular flexibility index (Phi) is 6.97. The standard InChI is InChI=1S/C30H25N3OS/c34-28(25-17-9-3-10-18-25)32-29-27(24-15-7-2-8-16-24)33(22-21-23-13-5-1-6-14-23)30(35-29)31-26-19-11-4-12-20-26/h1-20H,21-22H2,(H,32,34). The van der Waals surface area contributed by atoms with E-state index in [1.165, 1.54) is 16.9 Å². The number of amides is 1. The molecule has 0 fully saturated rings. The van der Waals surface area contributed by atoms with E-state index in [1.807, 2.05) is 84.9 Å². The molecule has 0 saturated carbocycles. The number of hydrogen-bond donors (Lipinski definition) is 1. The highest BCUT2D eigenvalue weighted by molar-refractivity contribution is 7.14. The van der Waals surface area contributed by atoms with Gasteiger partial charge in [-0.3, -0.25) is 4.79 Å². The number of aryl methyl sites for hydroxylation is 1. The molecule has 1 heterocycles. The number of rotatable bonds is 7. The molecule has 1 N–H and O–H groups in total. The van der Waals surface area contributed by atoms with Crippen LogP contribution in [0.4, 0.5) is 10.7 Å². The first-order valence-electron chi connectivity index (χ1n) is 11.6. The Morgan fingerprint density at radius 2 is 1.31 bits per heavy atom. The molecule has 0 radical (unpaired) electrons. The monoisotopic (exact) mass is 475 g/mol. The molecular weight excluding hydrogens is 450 g/mol. The van der Waals surface area contributed by atoms with Crippen LogP contribution < -0.4 is 10.1 Å². The zero-order valence-electron chi connectivity index (χ0n) is 19.2. The molecule has 4 aromatic carbocycles. The second-order valence-electron chi connectivity index (χ2n) is 8.08. The van der Waals surface area contributed by atoms with Crippen molar-refractivity contribution >= 4 is 27.9 Å². The van der Waals surface area contributed by atoms with Gasteiger partial charge in [0.2, 0.25) is 0 Å². The summed E-state index contributed by atoms with van der Waals surface area (Å²) in [5.74, 6) is -0.134. The van der Waals surface area contributed by atoms with E-state index in [0.29, 0.717) is 5.56 Å². The first-order chi connectivity index (χ1) is 17.3. The summed E-state index contributed by atoms with van der Waals surface area (Å²) in [7, 11) is 0. The molecule has 0 aliphatic heterocycles. The number of hydrogen-bond acceptors (Lipinski definition) is 3. The maximum absolute atomic E-state index is 13.1. The molecule has 4 nitrogen and oxygen atoms in total. The minimum atomic E-state index is -0.134. The molecule has 0 aliphatic rings. The maximum Gasteiger partial charge on any atom is 0.256 e. The molecule has 1 amide bonds. The molecule has 0 atom stereocenters. The lowest BCUT2D eigenvalue weighted by Gasteiger charge is -2.12. The van der Waals surface area contributed by atoms with Crippen LogP contribution in [0.25, 0.3) is 11.3 Å². The van der Waals surface area contributed by atoms with E-state index in [9.17, 15) is 4.79 Å². The molecule has 0 spiro atoms. The normalized spacial score (nSPS) is 11.4. The molecule has 35 heavy (non-hydrogen) atoms. The average Bonchev–Trinajstić information content (AvgIpc) is 3.25. The van der Waals surface area contributed by atoms with Crippen LogP contribution in [0.3, 0.4) is 0 Å². The number of benzene rings is 4. The third-order valence-electron chi connectivity index (χ3n) is 5.67. The summed E-state index contributed by atoms with van der Waals surface area (Å²) >= 11 is 1.50. The van der Waals surface area contributed by atoms with Crippen LogP contribution in [-0.4, -0.2) is 10.5 Å². The predicted octanol–water partition coefficient (Wildman–Crippen LogP) is 6.94. The van der Waals surface area contributed by atoms with E-state index >= 15 is 0 Å². The molecule has 5 heteroatoms. The van der Waals surface area contributed by atoms with Crippen LogP contribution in [0.5, 0.6) is 0 Å². The molecule has 0 aliphatic carbocycles. The Bertz CT molecular complexity index is 1460. The van der Waals surface area contributed by atoms with Crippen LogP contribution in [0, 0.1) is 0 Å². The van der Waals surface area contributed by atoms with Crippen LogP contribution in [-0.2, 0) is 13.0 Å². The zero-order valence-corrected chi connectivity index (χ0v) is 20.0. The molecule has 0 saturated heterocycles. The van der Waals surface area contributed by atoms with Gasteiger partial charge in [-0.05, 0) is 36.2 Å². The highest BCUT2D eigenvalue weighted by atomic mass is 32.1. The zero-order chi connectivity index (χ0) is 23.9. The molecule has 5 aromatic rings. The highest BCUT2D eigenvalue weighted by Crippen LogP contribution is 2.32. The van der Waals surface area contributed by atoms with E-state index in [4.69, 9.17) is 4.99 Å². The quantitative estimate of drug-likeness (QED) is 0.272. The third-order valence-corrected chi connectivity index (χ3v) is 6.66. The Morgan fingerprint density at radius 3 is 1.97 bits per heavy atom. The number of para-hydroxylation sites is 1. The smallest absolute Gasteiger partial charge is 0.256 e. The summed E-state index contributed by atoms with van der Waals surface area (Å²) in [4.78, 5) is 18.9. The van der Waals surface area contributed by atoms with Crippen molar-refractivity contribution in [2.75, 3.05) is 5.32 Å². The lowest BCUT2D eigenvalue weighted by Crippen LogP contribution is -2.17. The van der Waals surface area contributed by atoms with Crippen molar-refractivity contribution in [3.63, 3.8) is 0 Å². The van der Waals surface area contributed by atoms with Gasteiger partial charge in [0.1, 0.15) is 5.00 Å². The summed E-state index contributed by atoms with van der Waals surface area (Å²) < 4.78 is 2.22. The van der Waals surface area contributed by atoms with Gasteiger partial charge in [0, 0.05) is 17.7 Å². The minimum absolute atomic E-state index is 0.134. The van der Waals surface area contributed by atoms with Crippen LogP contribution >= 0.6 is 11.3 Å². The maximum atomic E-state index is 13.1. The Labute approximate surface area is 208 Å². The Balaban J connectivity index is 1.64. The lowest BCUT2D eigenvalue weighted by molar-refractivity contribution is 0.102. The molecule has 0 unspecified atom stereocenters. The van der Waals surface area contributed by atoms with E-state index in [2.05, 4.69) is 46.3 Å². The predicted molar refractivity (Wildman–Crippen MR) is 144 cm³/mol. The fourth-order valence-corrected chi connectivity index (χ4v) is 5.03. The molecule has 1 aromatic heterocycles. The number of aromatic nitrogens is 1. The van der Waals surface area contributed by atoms with Crippen LogP contribution in [0.15, 0.2) is 126 Å². The highest BCUT2D eigenvalue weighted by Gasteiger charge is 2.18. The molecule has 0 bridgehead atoms. The van der Waals surface area contributed by atoms with Gasteiger partial charge in [0.25, 0.3) is 5.91 Å². The van der Waals surface area contributed by atoms with Gasteiger partial charge in [-0.25, -0.2) is 4.99 Å². The summed E-state index contributed by atoms with van der Waals surface area (Å²) in [6.45, 7) is 0.734. The second-order valence-corrected chi connectivity index (χ2v) is 9.06. The van der Waals surface area contributed by atoms with Gasteiger partial charge in [0.05, 0.1) is 11.4 Å². The summed E-state index contributed by atoms with van der Waals surface area (Å²) in [6.07, 6.45) is 0.853. The van der Waals surface area contributed by atoms with Crippen molar-refractivity contribution < 1.29 is 4.79 Å². The van der Waals surface area contributed by atoms with Gasteiger partial charge < -0.3 is 9.88 Å². The first-order valence-corrected chi connectivity index (χ1v) is 12.4. The van der Waals surface area contributed by atoms with Crippen molar-refractivity contribution in [1.82, 2.24) is 4.57 Å². The van der Waals surface area contributed by atoms with Gasteiger partial charge >= 0.3 is 0 Å². The Hall–Kier alpha value is -4.22. The first kappa shape index (κ1) is 22.6. The van der Waals surface area contributed by atoms with Crippen LogP contribution in [0.2, 0.25) is 0 Å². The van der Waals surface area contributed by atoms with Crippen molar-refractivity contribution in [2.24, 2.45) is 4.99 Å². The summed E-state index contributed by atoms with van der Waals surface area (Å²) in [5, 5.41) is 3.95. The minimum Gasteiger partial charge on any atom is -0.314 e. The number of nitrogens with zero attached hydrogens (tertiary/aromatic N) is 2. The fraction of sp³-hybridized carbons (Fsp3) is 0.0667. The SMILES string of the molecule is O=C(Nc1sc(=Nc2ccccc2)n(CCc2ccccc2)c1-c1ccccc1)c1ccccc1. The van der Waals surface area contributed by atoms with Gasteiger partial charge in [-0.1, -0.05) is 108 Å². The van der Waals surface area contributed by atoms with E-state index in [1.54, 1.807) is 0 Å². The van der Waals surface area contributed by atoms with Gasteiger partial charge in [-0.2, -0.15) is 0 Å².